The van der Waals surface area contributed by atoms with Gasteiger partial charge in [-0.1, -0.05) is 6.08 Å². The van der Waals surface area contributed by atoms with Gasteiger partial charge in [0.25, 0.3) is 5.91 Å². The van der Waals surface area contributed by atoms with Crippen molar-refractivity contribution in [2.24, 2.45) is 0 Å². The second-order valence-electron chi connectivity index (χ2n) is 3.95. The third-order valence-electron chi connectivity index (χ3n) is 2.46. The van der Waals surface area contributed by atoms with Crippen molar-refractivity contribution in [3.05, 3.63) is 47.8 Å². The number of carbonyl (C=O) groups is 2. The summed E-state index contributed by atoms with van der Waals surface area (Å²) in [4.78, 5) is 22.3. The predicted molar refractivity (Wildman–Crippen MR) is 71.3 cm³/mol. The molecule has 1 aromatic rings. The number of amides is 1. The molecule has 0 aliphatic carbocycles. The zero-order valence-corrected chi connectivity index (χ0v) is 10.9. The quantitative estimate of drug-likeness (QED) is 0.563. The summed E-state index contributed by atoms with van der Waals surface area (Å²) in [6.45, 7) is 4.62. The Morgan fingerprint density at radius 1 is 1.40 bits per heavy atom. The molecule has 0 radical (unpaired) electrons. The number of hydrogen-bond acceptors (Lipinski definition) is 3. The number of carboxylic acid groups (broad SMARTS) is 1. The van der Waals surface area contributed by atoms with Crippen LogP contribution in [0.15, 0.2) is 30.9 Å². The van der Waals surface area contributed by atoms with Crippen LogP contribution in [0.3, 0.4) is 0 Å². The fourth-order valence-electron chi connectivity index (χ4n) is 1.43. The van der Waals surface area contributed by atoms with Crippen molar-refractivity contribution in [2.75, 3.05) is 19.8 Å². The SMILES string of the molecule is C=CCCOCCNC(=O)c1ccc(C(=O)O)cc1F. The van der Waals surface area contributed by atoms with Gasteiger partial charge in [0.05, 0.1) is 24.3 Å². The van der Waals surface area contributed by atoms with E-state index in [1.165, 1.54) is 6.07 Å². The van der Waals surface area contributed by atoms with E-state index in [0.717, 1.165) is 18.6 Å². The first-order valence-corrected chi connectivity index (χ1v) is 6.06. The number of carbonyl (C=O) groups excluding carboxylic acids is 1. The lowest BCUT2D eigenvalue weighted by molar-refractivity contribution is 0.0695. The summed E-state index contributed by atoms with van der Waals surface area (Å²) in [6, 6.07) is 3.14. The number of benzene rings is 1. The van der Waals surface area contributed by atoms with Gasteiger partial charge in [-0.05, 0) is 24.6 Å². The molecule has 20 heavy (non-hydrogen) atoms. The van der Waals surface area contributed by atoms with Crippen LogP contribution in [0.2, 0.25) is 0 Å². The topological polar surface area (TPSA) is 75.6 Å². The summed E-state index contributed by atoms with van der Waals surface area (Å²) in [7, 11) is 0. The number of nitrogens with one attached hydrogen (secondary N) is 1. The molecule has 0 aliphatic heterocycles. The van der Waals surface area contributed by atoms with Crippen LogP contribution < -0.4 is 5.32 Å². The molecular weight excluding hydrogens is 265 g/mol. The van der Waals surface area contributed by atoms with E-state index in [1.807, 2.05) is 0 Å². The number of carboxylic acids is 1. The van der Waals surface area contributed by atoms with Gasteiger partial charge in [-0.25, -0.2) is 9.18 Å². The van der Waals surface area contributed by atoms with E-state index in [1.54, 1.807) is 6.08 Å². The smallest absolute Gasteiger partial charge is 0.335 e. The van der Waals surface area contributed by atoms with Crippen molar-refractivity contribution >= 4 is 11.9 Å². The van der Waals surface area contributed by atoms with Gasteiger partial charge >= 0.3 is 5.97 Å². The molecular formula is C14H16FNO4. The van der Waals surface area contributed by atoms with Crippen LogP contribution in [-0.4, -0.2) is 36.7 Å². The number of aromatic carboxylic acids is 1. The van der Waals surface area contributed by atoms with E-state index in [-0.39, 0.29) is 17.7 Å². The van der Waals surface area contributed by atoms with Crippen LogP contribution >= 0.6 is 0 Å². The Balaban J connectivity index is 2.47. The lowest BCUT2D eigenvalue weighted by Crippen LogP contribution is -2.28. The van der Waals surface area contributed by atoms with Crippen LogP contribution in [0.5, 0.6) is 0 Å². The summed E-state index contributed by atoms with van der Waals surface area (Å²) < 4.78 is 18.8. The fraction of sp³-hybridized carbons (Fsp3) is 0.286. The highest BCUT2D eigenvalue weighted by atomic mass is 19.1. The lowest BCUT2D eigenvalue weighted by atomic mass is 10.1. The van der Waals surface area contributed by atoms with Crippen LogP contribution in [0.4, 0.5) is 4.39 Å². The zero-order chi connectivity index (χ0) is 15.0. The Bertz CT molecular complexity index is 502. The Hall–Kier alpha value is -2.21. The lowest BCUT2D eigenvalue weighted by Gasteiger charge is -2.07. The maximum Gasteiger partial charge on any atom is 0.335 e. The van der Waals surface area contributed by atoms with Gasteiger partial charge in [-0.15, -0.1) is 6.58 Å². The summed E-state index contributed by atoms with van der Waals surface area (Å²) in [5.74, 6) is -2.71. The average molecular weight is 281 g/mol. The van der Waals surface area contributed by atoms with E-state index >= 15 is 0 Å². The first-order chi connectivity index (χ1) is 9.56. The van der Waals surface area contributed by atoms with Gasteiger partial charge in [-0.2, -0.15) is 0 Å². The van der Waals surface area contributed by atoms with Gasteiger partial charge in [0.15, 0.2) is 0 Å². The number of hydrogen-bond donors (Lipinski definition) is 2. The van der Waals surface area contributed by atoms with Crippen molar-refractivity contribution in [1.82, 2.24) is 5.32 Å². The van der Waals surface area contributed by atoms with E-state index < -0.39 is 17.7 Å². The highest BCUT2D eigenvalue weighted by Crippen LogP contribution is 2.10. The van der Waals surface area contributed by atoms with Crippen molar-refractivity contribution in [3.8, 4) is 0 Å². The monoisotopic (exact) mass is 281 g/mol. The van der Waals surface area contributed by atoms with Crippen molar-refractivity contribution in [3.63, 3.8) is 0 Å². The molecule has 5 nitrogen and oxygen atoms in total. The number of ether oxygens (including phenoxy) is 1. The molecule has 1 rings (SSSR count). The maximum atomic E-state index is 13.6. The van der Waals surface area contributed by atoms with Crippen molar-refractivity contribution < 1.29 is 23.8 Å². The molecule has 0 fully saturated rings. The molecule has 0 atom stereocenters. The van der Waals surface area contributed by atoms with E-state index in [2.05, 4.69) is 11.9 Å². The molecule has 1 amide bonds. The highest BCUT2D eigenvalue weighted by molar-refractivity contribution is 5.96. The maximum absolute atomic E-state index is 13.6. The third kappa shape index (κ3) is 4.81. The van der Waals surface area contributed by atoms with Gasteiger partial charge < -0.3 is 15.2 Å². The Kier molecular flexibility index (Phi) is 6.39. The summed E-state index contributed by atoms with van der Waals surface area (Å²) in [6.07, 6.45) is 2.44. The van der Waals surface area contributed by atoms with Gasteiger partial charge in [-0.3, -0.25) is 4.79 Å². The molecule has 0 heterocycles. The largest absolute Gasteiger partial charge is 0.478 e. The minimum atomic E-state index is -1.24. The molecule has 0 unspecified atom stereocenters. The van der Waals surface area contributed by atoms with Crippen LogP contribution in [0.25, 0.3) is 0 Å². The standard InChI is InChI=1S/C14H16FNO4/c1-2-3-7-20-8-6-16-13(17)11-5-4-10(14(18)19)9-12(11)15/h2,4-5,9H,1,3,6-8H2,(H,16,17)(H,18,19). The first-order valence-electron chi connectivity index (χ1n) is 6.06. The summed E-state index contributed by atoms with van der Waals surface area (Å²) in [5, 5.41) is 11.2. The van der Waals surface area contributed by atoms with Gasteiger partial charge in [0.1, 0.15) is 5.82 Å². The molecule has 0 spiro atoms. The predicted octanol–water partition coefficient (Wildman–Crippen LogP) is 1.85. The van der Waals surface area contributed by atoms with Crippen LogP contribution in [0, 0.1) is 5.82 Å². The second kappa shape index (κ2) is 8.06. The van der Waals surface area contributed by atoms with Crippen molar-refractivity contribution in [2.45, 2.75) is 6.42 Å². The molecule has 2 N–H and O–H groups in total. The van der Waals surface area contributed by atoms with E-state index in [4.69, 9.17) is 9.84 Å². The summed E-state index contributed by atoms with van der Waals surface area (Å²) in [5.41, 5.74) is -0.395. The molecule has 1 aromatic carbocycles. The molecule has 6 heteroatoms. The van der Waals surface area contributed by atoms with E-state index in [9.17, 15) is 14.0 Å². The third-order valence-corrected chi connectivity index (χ3v) is 2.46. The number of halogens is 1. The zero-order valence-electron chi connectivity index (χ0n) is 10.9. The molecule has 0 saturated heterocycles. The number of rotatable bonds is 8. The Morgan fingerprint density at radius 2 is 2.15 bits per heavy atom. The average Bonchev–Trinajstić information content (AvgIpc) is 2.42. The molecule has 0 saturated carbocycles. The Labute approximate surface area is 116 Å². The highest BCUT2D eigenvalue weighted by Gasteiger charge is 2.13. The first kappa shape index (κ1) is 15.8. The van der Waals surface area contributed by atoms with Crippen molar-refractivity contribution in [1.29, 1.82) is 0 Å². The minimum absolute atomic E-state index is 0.193. The van der Waals surface area contributed by atoms with E-state index in [0.29, 0.717) is 13.2 Å². The van der Waals surface area contributed by atoms with Crippen LogP contribution in [-0.2, 0) is 4.74 Å². The Morgan fingerprint density at radius 3 is 2.75 bits per heavy atom. The van der Waals surface area contributed by atoms with Gasteiger partial charge in [0.2, 0.25) is 0 Å². The minimum Gasteiger partial charge on any atom is -0.478 e. The summed E-state index contributed by atoms with van der Waals surface area (Å²) >= 11 is 0. The van der Waals surface area contributed by atoms with Crippen LogP contribution in [0.1, 0.15) is 27.1 Å². The molecule has 108 valence electrons. The second-order valence-corrected chi connectivity index (χ2v) is 3.95. The normalized spacial score (nSPS) is 10.1. The molecule has 0 aromatic heterocycles. The molecule has 0 bridgehead atoms. The van der Waals surface area contributed by atoms with Gasteiger partial charge in [0, 0.05) is 6.54 Å². The fourth-order valence-corrected chi connectivity index (χ4v) is 1.43. The molecule has 0 aliphatic rings.